The van der Waals surface area contributed by atoms with Crippen molar-refractivity contribution in [1.29, 1.82) is 0 Å². The van der Waals surface area contributed by atoms with Crippen molar-refractivity contribution >= 4 is 16.0 Å². The van der Waals surface area contributed by atoms with Gasteiger partial charge in [0.1, 0.15) is 0 Å². The highest BCUT2D eigenvalue weighted by molar-refractivity contribution is 7.90. The lowest BCUT2D eigenvalue weighted by Gasteiger charge is -2.31. The Morgan fingerprint density at radius 1 is 1.45 bits per heavy atom. The molecule has 1 saturated heterocycles. The summed E-state index contributed by atoms with van der Waals surface area (Å²) in [5.41, 5.74) is 0. The van der Waals surface area contributed by atoms with Gasteiger partial charge < -0.3 is 10.1 Å². The van der Waals surface area contributed by atoms with Gasteiger partial charge in [-0.15, -0.1) is 0 Å². The van der Waals surface area contributed by atoms with Crippen molar-refractivity contribution in [3.8, 4) is 0 Å². The Balaban J connectivity index is 2.79. The van der Waals surface area contributed by atoms with Crippen molar-refractivity contribution in [1.82, 2.24) is 9.62 Å². The Bertz CT molecular complexity index is 405. The molecule has 0 aromatic rings. The number of methoxy groups -OCH3 is 1. The molecule has 0 aliphatic carbocycles. The minimum absolute atomic E-state index is 0.176. The SMILES string of the molecule is CCCN(CC1CCCCN1)S(=O)(=O)C(C)C(=O)OC. The third-order valence-corrected chi connectivity index (χ3v) is 5.79. The van der Waals surface area contributed by atoms with E-state index in [4.69, 9.17) is 0 Å². The number of nitrogens with one attached hydrogen (secondary N) is 1. The van der Waals surface area contributed by atoms with Crippen LogP contribution in [0.3, 0.4) is 0 Å². The van der Waals surface area contributed by atoms with Gasteiger partial charge >= 0.3 is 5.97 Å². The highest BCUT2D eigenvalue weighted by Gasteiger charge is 2.35. The lowest BCUT2D eigenvalue weighted by Crippen LogP contribution is -2.49. The van der Waals surface area contributed by atoms with Crippen LogP contribution >= 0.6 is 0 Å². The van der Waals surface area contributed by atoms with Crippen LogP contribution in [-0.2, 0) is 19.6 Å². The average Bonchev–Trinajstić information content (AvgIpc) is 2.46. The van der Waals surface area contributed by atoms with E-state index in [9.17, 15) is 13.2 Å². The monoisotopic (exact) mass is 306 g/mol. The summed E-state index contributed by atoms with van der Waals surface area (Å²) in [5, 5.41) is 2.19. The van der Waals surface area contributed by atoms with Crippen LogP contribution in [-0.4, -0.2) is 56.7 Å². The number of nitrogens with zero attached hydrogens (tertiary/aromatic N) is 1. The summed E-state index contributed by atoms with van der Waals surface area (Å²) < 4.78 is 31.0. The fraction of sp³-hybridized carbons (Fsp3) is 0.923. The lowest BCUT2D eigenvalue weighted by atomic mass is 10.1. The fourth-order valence-electron chi connectivity index (χ4n) is 2.41. The van der Waals surface area contributed by atoms with Crippen molar-refractivity contribution in [2.24, 2.45) is 0 Å². The van der Waals surface area contributed by atoms with Crippen LogP contribution in [0.1, 0.15) is 39.5 Å². The van der Waals surface area contributed by atoms with Gasteiger partial charge in [-0.1, -0.05) is 13.3 Å². The van der Waals surface area contributed by atoms with E-state index >= 15 is 0 Å². The summed E-state index contributed by atoms with van der Waals surface area (Å²) in [6, 6.07) is 0.176. The van der Waals surface area contributed by atoms with Crippen LogP contribution in [0.2, 0.25) is 0 Å². The third kappa shape index (κ3) is 4.43. The zero-order chi connectivity index (χ0) is 15.2. The van der Waals surface area contributed by atoms with E-state index in [-0.39, 0.29) is 6.04 Å². The molecule has 1 aliphatic rings. The van der Waals surface area contributed by atoms with E-state index in [0.29, 0.717) is 13.1 Å². The first kappa shape index (κ1) is 17.4. The molecule has 0 aromatic carbocycles. The summed E-state index contributed by atoms with van der Waals surface area (Å²) in [6.45, 7) is 5.11. The summed E-state index contributed by atoms with van der Waals surface area (Å²) in [7, 11) is -2.45. The quantitative estimate of drug-likeness (QED) is 0.702. The molecule has 1 aliphatic heterocycles. The summed E-state index contributed by atoms with van der Waals surface area (Å²) >= 11 is 0. The first-order valence-corrected chi connectivity index (χ1v) is 8.74. The molecule has 0 amide bonds. The lowest BCUT2D eigenvalue weighted by molar-refractivity contribution is -0.139. The molecule has 1 heterocycles. The molecule has 1 rings (SSSR count). The molecule has 20 heavy (non-hydrogen) atoms. The van der Waals surface area contributed by atoms with Crippen molar-refractivity contribution < 1.29 is 17.9 Å². The predicted octanol–water partition coefficient (Wildman–Crippen LogP) is 0.732. The number of hydrogen-bond donors (Lipinski definition) is 1. The zero-order valence-corrected chi connectivity index (χ0v) is 13.4. The van der Waals surface area contributed by atoms with Crippen molar-refractivity contribution in [2.75, 3.05) is 26.7 Å². The molecule has 1 N–H and O–H groups in total. The average molecular weight is 306 g/mol. The summed E-state index contributed by atoms with van der Waals surface area (Å²) in [4.78, 5) is 11.5. The normalized spacial score (nSPS) is 21.7. The molecule has 0 aromatic heterocycles. The van der Waals surface area contributed by atoms with Crippen LogP contribution < -0.4 is 5.32 Å². The number of hydrogen-bond acceptors (Lipinski definition) is 5. The molecular weight excluding hydrogens is 280 g/mol. The van der Waals surface area contributed by atoms with Gasteiger partial charge in [0, 0.05) is 19.1 Å². The maximum Gasteiger partial charge on any atom is 0.325 e. The maximum absolute atomic E-state index is 12.5. The van der Waals surface area contributed by atoms with Gasteiger partial charge in [0.2, 0.25) is 10.0 Å². The number of carbonyl (C=O) groups excluding carboxylic acids is 1. The maximum atomic E-state index is 12.5. The van der Waals surface area contributed by atoms with E-state index in [2.05, 4.69) is 10.1 Å². The predicted molar refractivity (Wildman–Crippen MR) is 77.9 cm³/mol. The van der Waals surface area contributed by atoms with Gasteiger partial charge in [-0.25, -0.2) is 8.42 Å². The van der Waals surface area contributed by atoms with E-state index in [0.717, 1.165) is 32.2 Å². The van der Waals surface area contributed by atoms with Crippen LogP contribution in [0.15, 0.2) is 0 Å². The molecule has 7 heteroatoms. The number of piperidine rings is 1. The second-order valence-corrected chi connectivity index (χ2v) is 7.47. The molecule has 0 bridgehead atoms. The number of carbonyl (C=O) groups is 1. The molecule has 0 spiro atoms. The van der Waals surface area contributed by atoms with Gasteiger partial charge in [-0.05, 0) is 32.7 Å². The molecule has 0 radical (unpaired) electrons. The molecular formula is C13H26N2O4S. The largest absolute Gasteiger partial charge is 0.468 e. The van der Waals surface area contributed by atoms with E-state index < -0.39 is 21.2 Å². The van der Waals surface area contributed by atoms with Gasteiger partial charge in [0.05, 0.1) is 7.11 Å². The molecule has 2 unspecified atom stereocenters. The second-order valence-electron chi connectivity index (χ2n) is 5.22. The highest BCUT2D eigenvalue weighted by atomic mass is 32.2. The molecule has 2 atom stereocenters. The van der Waals surface area contributed by atoms with Gasteiger partial charge in [0.25, 0.3) is 0 Å². The zero-order valence-electron chi connectivity index (χ0n) is 12.6. The molecule has 0 saturated carbocycles. The Kier molecular flexibility index (Phi) is 6.91. The number of sulfonamides is 1. The Hall–Kier alpha value is -0.660. The van der Waals surface area contributed by atoms with Crippen molar-refractivity contribution in [3.63, 3.8) is 0 Å². The topological polar surface area (TPSA) is 75.7 Å². The van der Waals surface area contributed by atoms with Gasteiger partial charge in [0.15, 0.2) is 5.25 Å². The van der Waals surface area contributed by atoms with Crippen LogP contribution in [0, 0.1) is 0 Å². The smallest absolute Gasteiger partial charge is 0.325 e. The minimum atomic E-state index is -3.66. The van der Waals surface area contributed by atoms with Gasteiger partial charge in [-0.2, -0.15) is 4.31 Å². The fourth-order valence-corrected chi connectivity index (χ4v) is 4.02. The summed E-state index contributed by atoms with van der Waals surface area (Å²) in [5.74, 6) is -0.706. The second kappa shape index (κ2) is 7.95. The van der Waals surface area contributed by atoms with Crippen LogP contribution in [0.5, 0.6) is 0 Å². The van der Waals surface area contributed by atoms with E-state index in [1.165, 1.54) is 18.3 Å². The van der Waals surface area contributed by atoms with Crippen LogP contribution in [0.4, 0.5) is 0 Å². The summed E-state index contributed by atoms with van der Waals surface area (Å²) in [6.07, 6.45) is 3.95. The first-order chi connectivity index (χ1) is 9.43. The number of rotatable bonds is 7. The van der Waals surface area contributed by atoms with Crippen LogP contribution in [0.25, 0.3) is 0 Å². The van der Waals surface area contributed by atoms with Crippen molar-refractivity contribution in [2.45, 2.75) is 50.8 Å². The first-order valence-electron chi connectivity index (χ1n) is 7.23. The van der Waals surface area contributed by atoms with E-state index in [1.807, 2.05) is 6.92 Å². The Morgan fingerprint density at radius 3 is 2.65 bits per heavy atom. The third-order valence-electron chi connectivity index (χ3n) is 3.65. The number of ether oxygens (including phenoxy) is 1. The molecule has 118 valence electrons. The number of esters is 1. The van der Waals surface area contributed by atoms with Crippen molar-refractivity contribution in [3.05, 3.63) is 0 Å². The Morgan fingerprint density at radius 2 is 2.15 bits per heavy atom. The van der Waals surface area contributed by atoms with E-state index in [1.54, 1.807) is 0 Å². The molecule has 6 nitrogen and oxygen atoms in total. The standard InChI is InChI=1S/C13H26N2O4S/c1-4-9-15(10-12-7-5-6-8-14-12)20(17,18)11(2)13(16)19-3/h11-12,14H,4-10H2,1-3H3. The molecule has 1 fully saturated rings. The Labute approximate surface area is 121 Å². The minimum Gasteiger partial charge on any atom is -0.468 e. The van der Waals surface area contributed by atoms with Gasteiger partial charge in [-0.3, -0.25) is 4.79 Å². The highest BCUT2D eigenvalue weighted by Crippen LogP contribution is 2.15.